The van der Waals surface area contributed by atoms with E-state index in [0.717, 1.165) is 34.6 Å². The molecule has 0 amide bonds. The Labute approximate surface area is 168 Å². The first-order chi connectivity index (χ1) is 13.3. The number of alkyl halides is 3. The highest BCUT2D eigenvalue weighted by Crippen LogP contribution is 2.40. The first-order valence-electron chi connectivity index (χ1n) is 9.32. The molecule has 0 heterocycles. The van der Waals surface area contributed by atoms with Gasteiger partial charge in [-0.1, -0.05) is 68.4 Å². The van der Waals surface area contributed by atoms with Crippen molar-refractivity contribution in [1.29, 1.82) is 0 Å². The van der Waals surface area contributed by atoms with Gasteiger partial charge in [0.1, 0.15) is 0 Å². The minimum Gasteiger partial charge on any atom is -0.166 e. The molecule has 0 saturated carbocycles. The Balaban J connectivity index is 1.76. The van der Waals surface area contributed by atoms with Crippen LogP contribution >= 0.6 is 11.8 Å². The molecule has 0 aliphatic rings. The van der Waals surface area contributed by atoms with Gasteiger partial charge in [-0.3, -0.25) is 0 Å². The standard InChI is InChI=1S/C24H23F3S/c1-17(2)16-23(20-6-4-3-5-7-20)28-22-14-10-19(11-15-22)18-8-12-21(13-9-18)24(25,26)27/h3-15,17,23H,16H2,1-2H3. The lowest BCUT2D eigenvalue weighted by molar-refractivity contribution is -0.137. The summed E-state index contributed by atoms with van der Waals surface area (Å²) in [6.07, 6.45) is -3.22. The minimum absolute atomic E-state index is 0.373. The Bertz CT molecular complexity index is 866. The monoisotopic (exact) mass is 400 g/mol. The Morgan fingerprint density at radius 3 is 1.79 bits per heavy atom. The molecule has 0 spiro atoms. The van der Waals surface area contributed by atoms with Gasteiger partial charge in [-0.05, 0) is 53.3 Å². The molecule has 0 aliphatic heterocycles. The summed E-state index contributed by atoms with van der Waals surface area (Å²) in [7, 11) is 0. The van der Waals surface area contributed by atoms with E-state index in [0.29, 0.717) is 11.2 Å². The van der Waals surface area contributed by atoms with E-state index >= 15 is 0 Å². The van der Waals surface area contributed by atoms with Gasteiger partial charge in [0, 0.05) is 10.1 Å². The van der Waals surface area contributed by atoms with Gasteiger partial charge in [-0.15, -0.1) is 11.8 Å². The van der Waals surface area contributed by atoms with Crippen LogP contribution in [0.25, 0.3) is 11.1 Å². The van der Waals surface area contributed by atoms with Crippen LogP contribution in [0.5, 0.6) is 0 Å². The normalized spacial score (nSPS) is 12.9. The van der Waals surface area contributed by atoms with Crippen molar-refractivity contribution < 1.29 is 13.2 Å². The predicted octanol–water partition coefficient (Wildman–Crippen LogP) is 8.25. The van der Waals surface area contributed by atoms with Gasteiger partial charge in [0.25, 0.3) is 0 Å². The topological polar surface area (TPSA) is 0 Å². The number of hydrogen-bond donors (Lipinski definition) is 0. The molecular formula is C24H23F3S. The van der Waals surface area contributed by atoms with Crippen LogP contribution < -0.4 is 0 Å². The Morgan fingerprint density at radius 1 is 0.750 bits per heavy atom. The second-order valence-electron chi connectivity index (χ2n) is 7.25. The molecule has 0 saturated heterocycles. The molecule has 0 aromatic heterocycles. The summed E-state index contributed by atoms with van der Waals surface area (Å²) in [5.74, 6) is 0.587. The van der Waals surface area contributed by atoms with Crippen molar-refractivity contribution in [3.05, 3.63) is 90.0 Å². The van der Waals surface area contributed by atoms with Crippen molar-refractivity contribution in [2.24, 2.45) is 5.92 Å². The zero-order valence-corrected chi connectivity index (χ0v) is 16.7. The zero-order chi connectivity index (χ0) is 20.1. The van der Waals surface area contributed by atoms with Crippen LogP contribution in [-0.4, -0.2) is 0 Å². The summed E-state index contributed by atoms with van der Waals surface area (Å²) in [5.41, 5.74) is 2.39. The molecule has 146 valence electrons. The minimum atomic E-state index is -4.30. The van der Waals surface area contributed by atoms with Crippen molar-refractivity contribution in [2.45, 2.75) is 36.6 Å². The number of thioether (sulfide) groups is 1. The molecule has 28 heavy (non-hydrogen) atoms. The fourth-order valence-corrected chi connectivity index (χ4v) is 4.49. The van der Waals surface area contributed by atoms with Gasteiger partial charge in [0.15, 0.2) is 0 Å². The van der Waals surface area contributed by atoms with Crippen molar-refractivity contribution in [3.8, 4) is 11.1 Å². The number of hydrogen-bond acceptors (Lipinski definition) is 1. The van der Waals surface area contributed by atoms with Crippen LogP contribution in [0.15, 0.2) is 83.8 Å². The first-order valence-corrected chi connectivity index (χ1v) is 10.2. The Kier molecular flexibility index (Phi) is 6.50. The van der Waals surface area contributed by atoms with Crippen molar-refractivity contribution in [1.82, 2.24) is 0 Å². The van der Waals surface area contributed by atoms with Crippen LogP contribution in [0, 0.1) is 5.92 Å². The maximum atomic E-state index is 12.7. The molecule has 0 nitrogen and oxygen atoms in total. The van der Waals surface area contributed by atoms with Gasteiger partial charge >= 0.3 is 6.18 Å². The van der Waals surface area contributed by atoms with Crippen molar-refractivity contribution in [3.63, 3.8) is 0 Å². The molecule has 3 aromatic rings. The molecule has 0 radical (unpaired) electrons. The molecule has 1 unspecified atom stereocenters. The first kappa shape index (κ1) is 20.5. The molecular weight excluding hydrogens is 377 g/mol. The highest BCUT2D eigenvalue weighted by atomic mass is 32.2. The van der Waals surface area contributed by atoms with Gasteiger partial charge in [-0.2, -0.15) is 13.2 Å². The van der Waals surface area contributed by atoms with E-state index in [1.165, 1.54) is 17.7 Å². The van der Waals surface area contributed by atoms with E-state index in [9.17, 15) is 13.2 Å². The third-order valence-corrected chi connectivity index (χ3v) is 5.83. The molecule has 4 heteroatoms. The average Bonchev–Trinajstić information content (AvgIpc) is 2.68. The van der Waals surface area contributed by atoms with E-state index in [2.05, 4.69) is 38.1 Å². The van der Waals surface area contributed by atoms with Crippen LogP contribution in [0.2, 0.25) is 0 Å². The largest absolute Gasteiger partial charge is 0.416 e. The maximum Gasteiger partial charge on any atom is 0.416 e. The SMILES string of the molecule is CC(C)CC(Sc1ccc(-c2ccc(C(F)(F)F)cc2)cc1)c1ccccc1. The van der Waals surface area contributed by atoms with Crippen LogP contribution in [0.1, 0.15) is 36.6 Å². The number of rotatable bonds is 6. The summed E-state index contributed by atoms with van der Waals surface area (Å²) < 4.78 is 38.2. The van der Waals surface area contributed by atoms with E-state index in [4.69, 9.17) is 0 Å². The zero-order valence-electron chi connectivity index (χ0n) is 15.9. The van der Waals surface area contributed by atoms with Gasteiger partial charge < -0.3 is 0 Å². The van der Waals surface area contributed by atoms with Crippen molar-refractivity contribution in [2.75, 3.05) is 0 Å². The number of halogens is 3. The third-order valence-electron chi connectivity index (χ3n) is 4.54. The van der Waals surface area contributed by atoms with E-state index in [-0.39, 0.29) is 0 Å². The molecule has 1 atom stereocenters. The fourth-order valence-electron chi connectivity index (χ4n) is 3.09. The fraction of sp³-hybridized carbons (Fsp3) is 0.250. The highest BCUT2D eigenvalue weighted by molar-refractivity contribution is 7.99. The van der Waals surface area contributed by atoms with E-state index in [1.54, 1.807) is 0 Å². The van der Waals surface area contributed by atoms with Crippen LogP contribution in [-0.2, 0) is 6.18 Å². The van der Waals surface area contributed by atoms with Gasteiger partial charge in [0.2, 0.25) is 0 Å². The summed E-state index contributed by atoms with van der Waals surface area (Å²) in [6.45, 7) is 4.45. The summed E-state index contributed by atoms with van der Waals surface area (Å²) in [4.78, 5) is 1.16. The van der Waals surface area contributed by atoms with Crippen LogP contribution in [0.4, 0.5) is 13.2 Å². The Morgan fingerprint density at radius 2 is 1.29 bits per heavy atom. The van der Waals surface area contributed by atoms with Gasteiger partial charge in [-0.25, -0.2) is 0 Å². The third kappa shape index (κ3) is 5.41. The van der Waals surface area contributed by atoms with E-state index < -0.39 is 11.7 Å². The lowest BCUT2D eigenvalue weighted by Gasteiger charge is -2.19. The lowest BCUT2D eigenvalue weighted by Crippen LogP contribution is -2.03. The lowest BCUT2D eigenvalue weighted by atomic mass is 10.0. The smallest absolute Gasteiger partial charge is 0.166 e. The number of benzene rings is 3. The van der Waals surface area contributed by atoms with E-state index in [1.807, 2.05) is 42.1 Å². The quantitative estimate of drug-likeness (QED) is 0.375. The molecule has 0 bridgehead atoms. The van der Waals surface area contributed by atoms with Gasteiger partial charge in [0.05, 0.1) is 5.56 Å². The maximum absolute atomic E-state index is 12.7. The highest BCUT2D eigenvalue weighted by Gasteiger charge is 2.29. The predicted molar refractivity (Wildman–Crippen MR) is 111 cm³/mol. The van der Waals surface area contributed by atoms with Crippen molar-refractivity contribution >= 4 is 11.8 Å². The average molecular weight is 401 g/mol. The molecule has 3 aromatic carbocycles. The second kappa shape index (κ2) is 8.87. The summed E-state index contributed by atoms with van der Waals surface area (Å²) in [6, 6.07) is 23.8. The second-order valence-corrected chi connectivity index (χ2v) is 8.52. The molecule has 0 N–H and O–H groups in total. The summed E-state index contributed by atoms with van der Waals surface area (Å²) in [5, 5.41) is 0.373. The van der Waals surface area contributed by atoms with Crippen LogP contribution in [0.3, 0.4) is 0 Å². The molecule has 0 aliphatic carbocycles. The molecule has 3 rings (SSSR count). The molecule has 0 fully saturated rings. The summed E-state index contributed by atoms with van der Waals surface area (Å²) >= 11 is 1.83. The Hall–Kier alpha value is -2.20.